The maximum atomic E-state index is 11.9. The highest BCUT2D eigenvalue weighted by Crippen LogP contribution is 2.11. The number of rotatable bonds is 4. The number of halogens is 1. The zero-order chi connectivity index (χ0) is 18.2. The summed E-state index contributed by atoms with van der Waals surface area (Å²) in [6.07, 6.45) is 0. The lowest BCUT2D eigenvalue weighted by Gasteiger charge is -2.11. The molecule has 0 fully saturated rings. The van der Waals surface area contributed by atoms with E-state index in [1.807, 2.05) is 19.1 Å². The van der Waals surface area contributed by atoms with Crippen molar-refractivity contribution >= 4 is 40.7 Å². The minimum absolute atomic E-state index is 0.0383. The van der Waals surface area contributed by atoms with Crippen molar-refractivity contribution < 1.29 is 14.3 Å². The molecule has 0 radical (unpaired) electrons. The highest BCUT2D eigenvalue weighted by atomic mass is 35.5. The third kappa shape index (κ3) is 6.40. The van der Waals surface area contributed by atoms with Crippen LogP contribution in [-0.2, 0) is 4.79 Å². The van der Waals surface area contributed by atoms with E-state index in [9.17, 15) is 9.59 Å². The number of ether oxygens (including phenoxy) is 1. The number of amides is 2. The first kappa shape index (κ1) is 18.7. The van der Waals surface area contributed by atoms with Crippen molar-refractivity contribution in [3.05, 3.63) is 64.7 Å². The number of hydrogen-bond donors (Lipinski definition) is 3. The number of nitrogens with one attached hydrogen (secondary N) is 3. The predicted molar refractivity (Wildman–Crippen MR) is 99.5 cm³/mol. The molecule has 0 aromatic heterocycles. The number of aryl methyl sites for hydroxylation is 1. The summed E-state index contributed by atoms with van der Waals surface area (Å²) in [5.74, 6) is -0.276. The SMILES string of the molecule is Cc1ccc(OCC(=O)NNC(=S)NC(=O)c2ccc(Cl)cc2)cc1. The van der Waals surface area contributed by atoms with Crippen LogP contribution >= 0.6 is 23.8 Å². The van der Waals surface area contributed by atoms with E-state index in [-0.39, 0.29) is 11.7 Å². The number of benzene rings is 2. The number of thiocarbonyl (C=S) groups is 1. The van der Waals surface area contributed by atoms with Crippen LogP contribution in [-0.4, -0.2) is 23.5 Å². The van der Waals surface area contributed by atoms with Crippen LogP contribution in [0, 0.1) is 6.92 Å². The smallest absolute Gasteiger partial charge is 0.276 e. The van der Waals surface area contributed by atoms with Gasteiger partial charge in [-0.25, -0.2) is 0 Å². The molecule has 8 heteroatoms. The summed E-state index contributed by atoms with van der Waals surface area (Å²) < 4.78 is 5.32. The van der Waals surface area contributed by atoms with E-state index < -0.39 is 11.8 Å². The highest BCUT2D eigenvalue weighted by Gasteiger charge is 2.08. The van der Waals surface area contributed by atoms with Crippen molar-refractivity contribution in [3.8, 4) is 5.75 Å². The molecule has 0 aliphatic carbocycles. The molecule has 2 aromatic rings. The van der Waals surface area contributed by atoms with Gasteiger partial charge in [-0.2, -0.15) is 0 Å². The minimum atomic E-state index is -0.441. The number of hydrogen-bond acceptors (Lipinski definition) is 4. The molecule has 2 aromatic carbocycles. The Labute approximate surface area is 155 Å². The lowest BCUT2D eigenvalue weighted by Crippen LogP contribution is -2.49. The fraction of sp³-hybridized carbons (Fsp3) is 0.118. The fourth-order valence-corrected chi connectivity index (χ4v) is 2.02. The van der Waals surface area contributed by atoms with Crippen molar-refractivity contribution in [2.45, 2.75) is 6.92 Å². The highest BCUT2D eigenvalue weighted by molar-refractivity contribution is 7.80. The summed E-state index contributed by atoms with van der Waals surface area (Å²) in [5, 5.41) is 2.92. The molecule has 0 bridgehead atoms. The molecule has 0 saturated heterocycles. The quantitative estimate of drug-likeness (QED) is 0.563. The molecule has 130 valence electrons. The Morgan fingerprint density at radius 2 is 1.68 bits per heavy atom. The van der Waals surface area contributed by atoms with Gasteiger partial charge in [0.25, 0.3) is 11.8 Å². The van der Waals surface area contributed by atoms with E-state index in [0.29, 0.717) is 16.3 Å². The summed E-state index contributed by atoms with van der Waals surface area (Å²) in [7, 11) is 0. The largest absolute Gasteiger partial charge is 0.484 e. The Kier molecular flexibility index (Phi) is 6.73. The van der Waals surface area contributed by atoms with E-state index in [1.165, 1.54) is 0 Å². The molecule has 2 rings (SSSR count). The second-order valence-corrected chi connectivity index (χ2v) is 5.91. The zero-order valence-electron chi connectivity index (χ0n) is 13.3. The molecule has 0 atom stereocenters. The summed E-state index contributed by atoms with van der Waals surface area (Å²) in [6.45, 7) is 1.77. The fourth-order valence-electron chi connectivity index (χ4n) is 1.75. The van der Waals surface area contributed by atoms with Gasteiger partial charge in [-0.1, -0.05) is 29.3 Å². The first-order valence-corrected chi connectivity index (χ1v) is 8.08. The third-order valence-electron chi connectivity index (χ3n) is 3.04. The second-order valence-electron chi connectivity index (χ2n) is 5.07. The monoisotopic (exact) mass is 377 g/mol. The first-order valence-electron chi connectivity index (χ1n) is 7.29. The molecule has 0 spiro atoms. The van der Waals surface area contributed by atoms with Crippen LogP contribution in [0.2, 0.25) is 5.02 Å². The molecule has 2 amide bonds. The van der Waals surface area contributed by atoms with Crippen molar-refractivity contribution in [3.63, 3.8) is 0 Å². The molecule has 25 heavy (non-hydrogen) atoms. The Balaban J connectivity index is 1.71. The number of carbonyl (C=O) groups is 2. The van der Waals surface area contributed by atoms with Crippen LogP contribution < -0.4 is 20.9 Å². The van der Waals surface area contributed by atoms with Gasteiger partial charge >= 0.3 is 0 Å². The molecule has 6 nitrogen and oxygen atoms in total. The van der Waals surface area contributed by atoms with Crippen LogP contribution in [0.3, 0.4) is 0 Å². The molecule has 3 N–H and O–H groups in total. The standard InChI is InChI=1S/C17H16ClN3O3S/c1-11-2-8-14(9-3-11)24-10-15(22)20-21-17(25)19-16(23)12-4-6-13(18)7-5-12/h2-9H,10H2,1H3,(H,20,22)(H2,19,21,23,25). The van der Waals surface area contributed by atoms with Gasteiger partial charge in [-0.05, 0) is 55.5 Å². The average Bonchev–Trinajstić information content (AvgIpc) is 2.60. The molecule has 0 heterocycles. The van der Waals surface area contributed by atoms with E-state index in [0.717, 1.165) is 5.56 Å². The predicted octanol–water partition coefficient (Wildman–Crippen LogP) is 2.36. The molecule has 0 aliphatic heterocycles. The Morgan fingerprint density at radius 1 is 1.04 bits per heavy atom. The van der Waals surface area contributed by atoms with Crippen molar-refractivity contribution in [2.75, 3.05) is 6.61 Å². The van der Waals surface area contributed by atoms with Crippen molar-refractivity contribution in [1.82, 2.24) is 16.2 Å². The van der Waals surface area contributed by atoms with E-state index in [1.54, 1.807) is 36.4 Å². The molecule has 0 aliphatic rings. The van der Waals surface area contributed by atoms with Gasteiger partial charge in [-0.15, -0.1) is 0 Å². The number of carbonyl (C=O) groups excluding carboxylic acids is 2. The topological polar surface area (TPSA) is 79.5 Å². The van der Waals surface area contributed by atoms with Crippen LogP contribution in [0.1, 0.15) is 15.9 Å². The molecule has 0 saturated carbocycles. The van der Waals surface area contributed by atoms with E-state index in [2.05, 4.69) is 16.2 Å². The van der Waals surface area contributed by atoms with Gasteiger partial charge in [-0.3, -0.25) is 25.8 Å². The van der Waals surface area contributed by atoms with Gasteiger partial charge in [0.05, 0.1) is 0 Å². The Hall–Kier alpha value is -2.64. The average molecular weight is 378 g/mol. The van der Waals surface area contributed by atoms with Gasteiger partial charge < -0.3 is 4.74 Å². The van der Waals surface area contributed by atoms with Gasteiger partial charge in [0, 0.05) is 10.6 Å². The zero-order valence-corrected chi connectivity index (χ0v) is 14.9. The van der Waals surface area contributed by atoms with Crippen molar-refractivity contribution in [2.24, 2.45) is 0 Å². The lowest BCUT2D eigenvalue weighted by atomic mass is 10.2. The van der Waals surface area contributed by atoms with Crippen LogP contribution in [0.25, 0.3) is 0 Å². The molecule has 0 unspecified atom stereocenters. The second kappa shape index (κ2) is 9.00. The maximum absolute atomic E-state index is 11.9. The van der Waals surface area contributed by atoms with Crippen LogP contribution in [0.5, 0.6) is 5.75 Å². The van der Waals surface area contributed by atoms with Gasteiger partial charge in [0.15, 0.2) is 11.7 Å². The number of hydrazine groups is 1. The van der Waals surface area contributed by atoms with E-state index in [4.69, 9.17) is 28.6 Å². The summed E-state index contributed by atoms with van der Waals surface area (Å²) in [5.41, 5.74) is 6.26. The lowest BCUT2D eigenvalue weighted by molar-refractivity contribution is -0.123. The maximum Gasteiger partial charge on any atom is 0.276 e. The summed E-state index contributed by atoms with van der Waals surface area (Å²) in [6, 6.07) is 13.6. The van der Waals surface area contributed by atoms with Gasteiger partial charge in [0.2, 0.25) is 0 Å². The Bertz CT molecular complexity index is 764. The minimum Gasteiger partial charge on any atom is -0.484 e. The summed E-state index contributed by atoms with van der Waals surface area (Å²) >= 11 is 10.7. The normalized spacial score (nSPS) is 9.84. The summed E-state index contributed by atoms with van der Waals surface area (Å²) in [4.78, 5) is 23.6. The van der Waals surface area contributed by atoms with Crippen LogP contribution in [0.4, 0.5) is 0 Å². The first-order chi connectivity index (χ1) is 11.9. The van der Waals surface area contributed by atoms with E-state index >= 15 is 0 Å². The third-order valence-corrected chi connectivity index (χ3v) is 3.50. The molecular weight excluding hydrogens is 362 g/mol. The van der Waals surface area contributed by atoms with Gasteiger partial charge in [0.1, 0.15) is 5.75 Å². The Morgan fingerprint density at radius 3 is 2.32 bits per heavy atom. The van der Waals surface area contributed by atoms with Crippen LogP contribution in [0.15, 0.2) is 48.5 Å². The van der Waals surface area contributed by atoms with Crippen molar-refractivity contribution in [1.29, 1.82) is 0 Å². The molecular formula is C17H16ClN3O3S.